The van der Waals surface area contributed by atoms with Gasteiger partial charge in [0.25, 0.3) is 0 Å². The van der Waals surface area contributed by atoms with Gasteiger partial charge in [-0.2, -0.15) is 0 Å². The van der Waals surface area contributed by atoms with Crippen LogP contribution in [0.5, 0.6) is 0 Å². The first-order valence-corrected chi connectivity index (χ1v) is 4.59. The highest BCUT2D eigenvalue weighted by atomic mass is 79.9. The highest BCUT2D eigenvalue weighted by Gasteiger charge is 2.21. The third-order valence-corrected chi connectivity index (χ3v) is 2.68. The van der Waals surface area contributed by atoms with E-state index >= 15 is 0 Å². The van der Waals surface area contributed by atoms with Crippen molar-refractivity contribution < 1.29 is 14.3 Å². The van der Waals surface area contributed by atoms with E-state index in [2.05, 4.69) is 15.9 Å². The number of carboxylic acid groups (broad SMARTS) is 1. The molecular formula is C9H5BrFNO2. The number of hydrogen-bond donors (Lipinski definition) is 1. The molecule has 2 aromatic heterocycles. The van der Waals surface area contributed by atoms with Crippen LogP contribution in [0.1, 0.15) is 10.5 Å². The lowest BCUT2D eigenvalue weighted by atomic mass is 10.4. The van der Waals surface area contributed by atoms with E-state index in [1.54, 1.807) is 18.2 Å². The fourth-order valence-electron chi connectivity index (χ4n) is 1.34. The molecule has 2 aromatic rings. The van der Waals surface area contributed by atoms with E-state index < -0.39 is 11.8 Å². The van der Waals surface area contributed by atoms with Gasteiger partial charge < -0.3 is 9.51 Å². The van der Waals surface area contributed by atoms with Crippen molar-refractivity contribution in [3.05, 3.63) is 40.4 Å². The molecule has 2 heterocycles. The van der Waals surface area contributed by atoms with Crippen LogP contribution in [-0.2, 0) is 0 Å². The van der Waals surface area contributed by atoms with Crippen molar-refractivity contribution >= 4 is 27.4 Å². The maximum Gasteiger partial charge on any atom is 0.356 e. The summed E-state index contributed by atoms with van der Waals surface area (Å²) in [5.74, 6) is -2.03. The van der Waals surface area contributed by atoms with Crippen molar-refractivity contribution in [1.29, 1.82) is 0 Å². The second-order valence-electron chi connectivity index (χ2n) is 2.74. The van der Waals surface area contributed by atoms with Gasteiger partial charge >= 0.3 is 5.97 Å². The molecule has 0 radical (unpaired) electrons. The average Bonchev–Trinajstić information content (AvgIpc) is 2.41. The number of fused-ring (bicyclic) bond motifs is 1. The molecule has 0 aliphatic rings. The normalized spacial score (nSPS) is 10.7. The van der Waals surface area contributed by atoms with Gasteiger partial charge in [-0.1, -0.05) is 6.07 Å². The van der Waals surface area contributed by atoms with Crippen LogP contribution in [0.2, 0.25) is 0 Å². The highest BCUT2D eigenvalue weighted by Crippen LogP contribution is 2.27. The van der Waals surface area contributed by atoms with E-state index in [0.29, 0.717) is 5.52 Å². The molecule has 0 spiro atoms. The second-order valence-corrected chi connectivity index (χ2v) is 3.53. The molecule has 0 fully saturated rings. The summed E-state index contributed by atoms with van der Waals surface area (Å²) in [5, 5.41) is 8.80. The van der Waals surface area contributed by atoms with Gasteiger partial charge in [0.05, 0.1) is 9.99 Å². The van der Waals surface area contributed by atoms with E-state index in [-0.39, 0.29) is 10.2 Å². The Kier molecular flexibility index (Phi) is 2.03. The van der Waals surface area contributed by atoms with Crippen LogP contribution in [0.25, 0.3) is 5.52 Å². The standard InChI is InChI=1S/C9H5BrFNO2/c10-6-5-3-1-2-4-12(5)8(7(6)11)9(13)14/h1-4H,(H,13,14). The Morgan fingerprint density at radius 1 is 1.50 bits per heavy atom. The monoisotopic (exact) mass is 257 g/mol. The molecule has 14 heavy (non-hydrogen) atoms. The SMILES string of the molecule is O=C(O)c1c(F)c(Br)c2ccccn12. The van der Waals surface area contributed by atoms with E-state index in [1.807, 2.05) is 0 Å². The summed E-state index contributed by atoms with van der Waals surface area (Å²) >= 11 is 3.01. The summed E-state index contributed by atoms with van der Waals surface area (Å²) in [6, 6.07) is 5.00. The largest absolute Gasteiger partial charge is 0.476 e. The number of halogens is 2. The summed E-state index contributed by atoms with van der Waals surface area (Å²) in [6.07, 6.45) is 1.51. The molecule has 72 valence electrons. The maximum atomic E-state index is 13.4. The lowest BCUT2D eigenvalue weighted by molar-refractivity contribution is 0.0684. The van der Waals surface area contributed by atoms with Crippen molar-refractivity contribution in [3.8, 4) is 0 Å². The van der Waals surface area contributed by atoms with Gasteiger partial charge in [0.15, 0.2) is 11.5 Å². The predicted octanol–water partition coefficient (Wildman–Crippen LogP) is 2.54. The first kappa shape index (κ1) is 9.21. The fraction of sp³-hybridized carbons (Fsp3) is 0. The van der Waals surface area contributed by atoms with E-state index in [4.69, 9.17) is 5.11 Å². The molecule has 5 heteroatoms. The molecule has 0 saturated carbocycles. The van der Waals surface area contributed by atoms with E-state index in [1.165, 1.54) is 10.6 Å². The Labute approximate surface area is 86.9 Å². The average molecular weight is 258 g/mol. The molecular weight excluding hydrogens is 253 g/mol. The van der Waals surface area contributed by atoms with Gasteiger partial charge in [-0.15, -0.1) is 0 Å². The Morgan fingerprint density at radius 2 is 2.21 bits per heavy atom. The van der Waals surface area contributed by atoms with Crippen LogP contribution in [-0.4, -0.2) is 15.5 Å². The summed E-state index contributed by atoms with van der Waals surface area (Å²) in [5.41, 5.74) is 0.148. The number of carbonyl (C=O) groups is 1. The smallest absolute Gasteiger partial charge is 0.356 e. The Morgan fingerprint density at radius 3 is 2.86 bits per heavy atom. The first-order chi connectivity index (χ1) is 6.63. The van der Waals surface area contributed by atoms with Crippen LogP contribution in [0.15, 0.2) is 28.9 Å². The number of pyridine rings is 1. The fourth-order valence-corrected chi connectivity index (χ4v) is 1.85. The van der Waals surface area contributed by atoms with Crippen LogP contribution in [0.3, 0.4) is 0 Å². The molecule has 0 aliphatic carbocycles. The minimum Gasteiger partial charge on any atom is -0.476 e. The summed E-state index contributed by atoms with van der Waals surface area (Å²) < 4.78 is 14.9. The lowest BCUT2D eigenvalue weighted by Gasteiger charge is -1.95. The third kappa shape index (κ3) is 1.13. The molecule has 1 N–H and O–H groups in total. The minimum atomic E-state index is -1.28. The molecule has 0 unspecified atom stereocenters. The topological polar surface area (TPSA) is 41.7 Å². The summed E-state index contributed by atoms with van der Waals surface area (Å²) in [6.45, 7) is 0. The Bertz CT molecular complexity index is 521. The number of aromatic carboxylic acids is 1. The maximum absolute atomic E-state index is 13.4. The molecule has 0 saturated heterocycles. The zero-order chi connectivity index (χ0) is 10.3. The molecule has 0 atom stereocenters. The zero-order valence-electron chi connectivity index (χ0n) is 6.87. The minimum absolute atomic E-state index is 0.176. The molecule has 0 amide bonds. The second kappa shape index (κ2) is 3.09. The Balaban J connectivity index is 2.95. The van der Waals surface area contributed by atoms with Crippen LogP contribution >= 0.6 is 15.9 Å². The quantitative estimate of drug-likeness (QED) is 0.853. The van der Waals surface area contributed by atoms with E-state index in [9.17, 15) is 9.18 Å². The van der Waals surface area contributed by atoms with Gasteiger partial charge in [-0.05, 0) is 28.1 Å². The van der Waals surface area contributed by atoms with Crippen molar-refractivity contribution in [2.24, 2.45) is 0 Å². The van der Waals surface area contributed by atoms with Crippen LogP contribution in [0, 0.1) is 5.82 Å². The predicted molar refractivity (Wildman–Crippen MR) is 52.0 cm³/mol. The number of carboxylic acids is 1. The molecule has 0 bridgehead atoms. The first-order valence-electron chi connectivity index (χ1n) is 3.80. The lowest BCUT2D eigenvalue weighted by Crippen LogP contribution is -2.03. The van der Waals surface area contributed by atoms with Crippen molar-refractivity contribution in [2.75, 3.05) is 0 Å². The molecule has 0 aliphatic heterocycles. The molecule has 0 aromatic carbocycles. The Hall–Kier alpha value is -1.36. The van der Waals surface area contributed by atoms with Gasteiger partial charge in [0.1, 0.15) is 0 Å². The van der Waals surface area contributed by atoms with Crippen molar-refractivity contribution in [3.63, 3.8) is 0 Å². The number of rotatable bonds is 1. The zero-order valence-corrected chi connectivity index (χ0v) is 8.45. The van der Waals surface area contributed by atoms with Crippen LogP contribution in [0.4, 0.5) is 4.39 Å². The van der Waals surface area contributed by atoms with Gasteiger partial charge in [0.2, 0.25) is 0 Å². The van der Waals surface area contributed by atoms with Gasteiger partial charge in [0, 0.05) is 6.20 Å². The van der Waals surface area contributed by atoms with Crippen molar-refractivity contribution in [1.82, 2.24) is 4.40 Å². The summed E-state index contributed by atoms with van der Waals surface area (Å²) in [4.78, 5) is 10.8. The molecule has 2 rings (SSSR count). The summed E-state index contributed by atoms with van der Waals surface area (Å²) in [7, 11) is 0. The van der Waals surface area contributed by atoms with E-state index in [0.717, 1.165) is 0 Å². The number of hydrogen-bond acceptors (Lipinski definition) is 1. The van der Waals surface area contributed by atoms with Crippen LogP contribution < -0.4 is 0 Å². The van der Waals surface area contributed by atoms with Gasteiger partial charge in [-0.25, -0.2) is 9.18 Å². The van der Waals surface area contributed by atoms with Gasteiger partial charge in [-0.3, -0.25) is 0 Å². The highest BCUT2D eigenvalue weighted by molar-refractivity contribution is 9.10. The third-order valence-electron chi connectivity index (χ3n) is 1.93. The molecule has 3 nitrogen and oxygen atoms in total. The van der Waals surface area contributed by atoms with Crippen molar-refractivity contribution in [2.45, 2.75) is 0 Å². The number of nitrogens with zero attached hydrogens (tertiary/aromatic N) is 1. The number of aromatic nitrogens is 1.